The van der Waals surface area contributed by atoms with E-state index in [0.717, 1.165) is 43.5 Å². The van der Waals surface area contributed by atoms with Crippen LogP contribution in [0.25, 0.3) is 5.57 Å². The quantitative estimate of drug-likeness (QED) is 0.517. The van der Waals surface area contributed by atoms with Gasteiger partial charge in [-0.05, 0) is 41.7 Å². The average molecular weight is 405 g/mol. The van der Waals surface area contributed by atoms with E-state index in [4.69, 9.17) is 4.74 Å². The standard InChI is InChI=1S/C25H28N2O3/c1-3-4-7-15-27-24(28)22(19-10-12-21(30-2)13-11-19)23(25(27)29)26-16-14-18-8-5-6-9-20(18)17-26/h5-6,8-13H,3-4,7,14-17H2,1-2H3. The van der Waals surface area contributed by atoms with Gasteiger partial charge in [0.2, 0.25) is 0 Å². The number of carbonyl (C=O) groups is 2. The second-order valence-corrected chi connectivity index (χ2v) is 7.86. The molecule has 0 aliphatic carbocycles. The Morgan fingerprint density at radius 3 is 2.37 bits per heavy atom. The van der Waals surface area contributed by atoms with Gasteiger partial charge in [-0.2, -0.15) is 0 Å². The number of unbranched alkanes of at least 4 members (excludes halogenated alkanes) is 2. The van der Waals surface area contributed by atoms with Gasteiger partial charge in [0.05, 0.1) is 12.7 Å². The van der Waals surface area contributed by atoms with Gasteiger partial charge in [-0.3, -0.25) is 14.5 Å². The highest BCUT2D eigenvalue weighted by Crippen LogP contribution is 2.35. The highest BCUT2D eigenvalue weighted by Gasteiger charge is 2.41. The smallest absolute Gasteiger partial charge is 0.277 e. The Morgan fingerprint density at radius 1 is 0.933 bits per heavy atom. The Hall–Kier alpha value is -3.08. The van der Waals surface area contributed by atoms with E-state index in [-0.39, 0.29) is 11.8 Å². The summed E-state index contributed by atoms with van der Waals surface area (Å²) in [5, 5.41) is 0. The first-order chi connectivity index (χ1) is 14.6. The molecule has 5 nitrogen and oxygen atoms in total. The predicted octanol–water partition coefficient (Wildman–Crippen LogP) is 4.02. The molecule has 0 spiro atoms. The lowest BCUT2D eigenvalue weighted by Gasteiger charge is -2.31. The van der Waals surface area contributed by atoms with E-state index in [2.05, 4.69) is 30.0 Å². The Kier molecular flexibility index (Phi) is 5.88. The van der Waals surface area contributed by atoms with Crippen molar-refractivity contribution in [2.75, 3.05) is 20.2 Å². The second-order valence-electron chi connectivity index (χ2n) is 7.86. The first kappa shape index (κ1) is 20.2. The number of ether oxygens (including phenoxy) is 1. The van der Waals surface area contributed by atoms with Gasteiger partial charge in [-0.1, -0.05) is 56.2 Å². The van der Waals surface area contributed by atoms with Crippen molar-refractivity contribution in [1.82, 2.24) is 9.80 Å². The van der Waals surface area contributed by atoms with Crippen molar-refractivity contribution in [3.63, 3.8) is 0 Å². The zero-order valence-corrected chi connectivity index (χ0v) is 17.7. The minimum absolute atomic E-state index is 0.165. The molecule has 2 aliphatic heterocycles. The van der Waals surface area contributed by atoms with Crippen LogP contribution in [-0.2, 0) is 22.6 Å². The molecule has 5 heteroatoms. The molecule has 0 N–H and O–H groups in total. The van der Waals surface area contributed by atoms with E-state index in [9.17, 15) is 9.59 Å². The fourth-order valence-corrected chi connectivity index (χ4v) is 4.28. The highest BCUT2D eigenvalue weighted by molar-refractivity contribution is 6.35. The van der Waals surface area contributed by atoms with Gasteiger partial charge in [0.15, 0.2) is 0 Å². The summed E-state index contributed by atoms with van der Waals surface area (Å²) in [6.45, 7) is 3.96. The van der Waals surface area contributed by atoms with Crippen LogP contribution in [0, 0.1) is 0 Å². The molecule has 0 aromatic heterocycles. The van der Waals surface area contributed by atoms with Crippen molar-refractivity contribution in [2.45, 2.75) is 39.2 Å². The fraction of sp³-hybridized carbons (Fsp3) is 0.360. The van der Waals surface area contributed by atoms with Crippen LogP contribution in [0.2, 0.25) is 0 Å². The molecule has 0 saturated carbocycles. The zero-order valence-electron chi connectivity index (χ0n) is 17.7. The van der Waals surface area contributed by atoms with Crippen LogP contribution in [0.15, 0.2) is 54.2 Å². The van der Waals surface area contributed by atoms with Gasteiger partial charge in [0.25, 0.3) is 11.8 Å². The van der Waals surface area contributed by atoms with Crippen molar-refractivity contribution in [3.05, 3.63) is 70.9 Å². The number of amides is 2. The molecule has 30 heavy (non-hydrogen) atoms. The topological polar surface area (TPSA) is 49.9 Å². The first-order valence-electron chi connectivity index (χ1n) is 10.7. The summed E-state index contributed by atoms with van der Waals surface area (Å²) in [5.41, 5.74) is 4.35. The number of fused-ring (bicyclic) bond motifs is 1. The van der Waals surface area contributed by atoms with Crippen LogP contribution in [0.1, 0.15) is 42.9 Å². The molecule has 0 saturated heterocycles. The molecular formula is C25H28N2O3. The van der Waals surface area contributed by atoms with Crippen molar-refractivity contribution in [1.29, 1.82) is 0 Å². The summed E-state index contributed by atoms with van der Waals surface area (Å²) in [7, 11) is 1.62. The lowest BCUT2D eigenvalue weighted by atomic mass is 9.98. The molecule has 156 valence electrons. The van der Waals surface area contributed by atoms with E-state index in [1.807, 2.05) is 30.3 Å². The summed E-state index contributed by atoms with van der Waals surface area (Å²) in [4.78, 5) is 30.3. The summed E-state index contributed by atoms with van der Waals surface area (Å²) in [5.74, 6) is 0.376. The molecular weight excluding hydrogens is 376 g/mol. The van der Waals surface area contributed by atoms with Crippen LogP contribution in [0.3, 0.4) is 0 Å². The molecule has 2 aliphatic rings. The van der Waals surface area contributed by atoms with E-state index in [0.29, 0.717) is 24.4 Å². The molecule has 0 fully saturated rings. The molecule has 2 heterocycles. The number of nitrogens with zero attached hydrogens (tertiary/aromatic N) is 2. The Bertz CT molecular complexity index is 978. The number of methoxy groups -OCH3 is 1. The second kappa shape index (κ2) is 8.74. The third-order valence-corrected chi connectivity index (χ3v) is 5.95. The Labute approximate surface area is 177 Å². The summed E-state index contributed by atoms with van der Waals surface area (Å²) >= 11 is 0. The first-order valence-corrected chi connectivity index (χ1v) is 10.7. The normalized spacial score (nSPS) is 16.3. The van der Waals surface area contributed by atoms with E-state index < -0.39 is 0 Å². The number of hydrogen-bond donors (Lipinski definition) is 0. The summed E-state index contributed by atoms with van der Waals surface area (Å²) in [6.07, 6.45) is 3.75. The van der Waals surface area contributed by atoms with Crippen LogP contribution in [-0.4, -0.2) is 41.8 Å². The van der Waals surface area contributed by atoms with Crippen LogP contribution in [0.4, 0.5) is 0 Å². The van der Waals surface area contributed by atoms with Crippen molar-refractivity contribution < 1.29 is 14.3 Å². The van der Waals surface area contributed by atoms with Gasteiger partial charge in [-0.15, -0.1) is 0 Å². The molecule has 0 bridgehead atoms. The van der Waals surface area contributed by atoms with Gasteiger partial charge < -0.3 is 9.64 Å². The van der Waals surface area contributed by atoms with E-state index in [1.165, 1.54) is 16.0 Å². The number of imide groups is 1. The molecule has 0 atom stereocenters. The third-order valence-electron chi connectivity index (χ3n) is 5.95. The molecule has 4 rings (SSSR count). The maximum absolute atomic E-state index is 13.4. The number of hydrogen-bond acceptors (Lipinski definition) is 4. The number of carbonyl (C=O) groups excluding carboxylic acids is 2. The molecule has 0 unspecified atom stereocenters. The van der Waals surface area contributed by atoms with Gasteiger partial charge in [0.1, 0.15) is 11.4 Å². The fourth-order valence-electron chi connectivity index (χ4n) is 4.28. The average Bonchev–Trinajstić information content (AvgIpc) is 3.03. The van der Waals surface area contributed by atoms with Crippen molar-refractivity contribution in [3.8, 4) is 5.75 Å². The Morgan fingerprint density at radius 2 is 1.67 bits per heavy atom. The SMILES string of the molecule is CCCCCN1C(=O)C(c2ccc(OC)cc2)=C(N2CCc3ccccc3C2)C1=O. The zero-order chi connectivity index (χ0) is 21.1. The van der Waals surface area contributed by atoms with Crippen molar-refractivity contribution in [2.24, 2.45) is 0 Å². The minimum Gasteiger partial charge on any atom is -0.497 e. The maximum Gasteiger partial charge on any atom is 0.277 e. The molecule has 2 amide bonds. The Balaban J connectivity index is 1.72. The van der Waals surface area contributed by atoms with E-state index >= 15 is 0 Å². The molecule has 0 radical (unpaired) electrons. The lowest BCUT2D eigenvalue weighted by Crippen LogP contribution is -2.37. The molecule has 2 aromatic rings. The van der Waals surface area contributed by atoms with Gasteiger partial charge >= 0.3 is 0 Å². The summed E-state index contributed by atoms with van der Waals surface area (Å²) in [6, 6.07) is 15.7. The predicted molar refractivity (Wildman–Crippen MR) is 117 cm³/mol. The lowest BCUT2D eigenvalue weighted by molar-refractivity contribution is -0.137. The maximum atomic E-state index is 13.4. The third kappa shape index (κ3) is 3.72. The number of benzene rings is 2. The van der Waals surface area contributed by atoms with Crippen LogP contribution < -0.4 is 4.74 Å². The molecule has 2 aromatic carbocycles. The largest absolute Gasteiger partial charge is 0.497 e. The van der Waals surface area contributed by atoms with E-state index in [1.54, 1.807) is 7.11 Å². The highest BCUT2D eigenvalue weighted by atomic mass is 16.5. The number of rotatable bonds is 7. The van der Waals surface area contributed by atoms with Gasteiger partial charge in [-0.25, -0.2) is 0 Å². The van der Waals surface area contributed by atoms with Gasteiger partial charge in [0, 0.05) is 19.6 Å². The summed E-state index contributed by atoms with van der Waals surface area (Å²) < 4.78 is 5.26. The monoisotopic (exact) mass is 404 g/mol. The minimum atomic E-state index is -0.185. The van der Waals surface area contributed by atoms with Crippen LogP contribution >= 0.6 is 0 Å². The van der Waals surface area contributed by atoms with Crippen molar-refractivity contribution >= 4 is 17.4 Å². The van der Waals surface area contributed by atoms with Crippen LogP contribution in [0.5, 0.6) is 5.75 Å².